The highest BCUT2D eigenvalue weighted by Crippen LogP contribution is 2.29. The zero-order valence-corrected chi connectivity index (χ0v) is 10.9. The molecule has 0 saturated heterocycles. The fourth-order valence-electron chi connectivity index (χ4n) is 1.92. The molecular formula is C15H12F4N2. The molecule has 21 heavy (non-hydrogen) atoms. The molecule has 2 nitrogen and oxygen atoms in total. The van der Waals surface area contributed by atoms with Gasteiger partial charge in [0, 0.05) is 6.42 Å². The fraction of sp³-hybridized carbons (Fsp3) is 0.133. The van der Waals surface area contributed by atoms with E-state index in [0.717, 1.165) is 12.1 Å². The van der Waals surface area contributed by atoms with Gasteiger partial charge in [-0.1, -0.05) is 30.3 Å². The van der Waals surface area contributed by atoms with Crippen LogP contribution in [0.2, 0.25) is 0 Å². The summed E-state index contributed by atoms with van der Waals surface area (Å²) in [7, 11) is 0. The largest absolute Gasteiger partial charge is 0.416 e. The van der Waals surface area contributed by atoms with Crippen LogP contribution in [0.1, 0.15) is 16.7 Å². The Labute approximate surface area is 118 Å². The summed E-state index contributed by atoms with van der Waals surface area (Å²) in [5, 5.41) is 3.59. The van der Waals surface area contributed by atoms with Gasteiger partial charge in [-0.25, -0.2) is 4.39 Å². The van der Waals surface area contributed by atoms with Crippen molar-refractivity contribution in [2.75, 3.05) is 0 Å². The first-order chi connectivity index (χ1) is 9.90. The molecule has 110 valence electrons. The topological polar surface area (TPSA) is 38.4 Å². The molecule has 2 rings (SSSR count). The average molecular weight is 296 g/mol. The second-order valence-corrected chi connectivity index (χ2v) is 4.46. The summed E-state index contributed by atoms with van der Waals surface area (Å²) in [5.74, 6) is 4.88. The standard InChI is InChI=1S/C15H12F4N2/c16-13-6-4-11(5-7-13)14(21-20)9-10-2-1-3-12(8-10)15(17,18)19/h1-8H,9,20H2. The van der Waals surface area contributed by atoms with Gasteiger partial charge < -0.3 is 5.84 Å². The molecule has 0 saturated carbocycles. The van der Waals surface area contributed by atoms with Crippen molar-refractivity contribution >= 4 is 5.71 Å². The molecule has 0 unspecified atom stereocenters. The number of nitrogens with zero attached hydrogens (tertiary/aromatic N) is 1. The quantitative estimate of drug-likeness (QED) is 0.398. The third-order valence-electron chi connectivity index (χ3n) is 2.96. The van der Waals surface area contributed by atoms with Crippen LogP contribution >= 0.6 is 0 Å². The summed E-state index contributed by atoms with van der Waals surface area (Å²) in [6.07, 6.45) is -4.27. The zero-order chi connectivity index (χ0) is 15.5. The molecule has 0 aliphatic heterocycles. The summed E-state index contributed by atoms with van der Waals surface area (Å²) in [6, 6.07) is 10.4. The van der Waals surface area contributed by atoms with E-state index in [2.05, 4.69) is 5.10 Å². The Morgan fingerprint density at radius 3 is 2.29 bits per heavy atom. The molecule has 0 amide bonds. The third kappa shape index (κ3) is 3.81. The molecule has 6 heteroatoms. The maximum atomic E-state index is 12.9. The van der Waals surface area contributed by atoms with Crippen LogP contribution in [0.5, 0.6) is 0 Å². The van der Waals surface area contributed by atoms with Crippen LogP contribution in [0.4, 0.5) is 17.6 Å². The summed E-state index contributed by atoms with van der Waals surface area (Å²) in [4.78, 5) is 0. The van der Waals surface area contributed by atoms with Crippen molar-refractivity contribution in [3.05, 3.63) is 71.0 Å². The van der Waals surface area contributed by atoms with Gasteiger partial charge >= 0.3 is 6.18 Å². The van der Waals surface area contributed by atoms with E-state index < -0.39 is 17.6 Å². The normalized spacial score (nSPS) is 12.5. The lowest BCUT2D eigenvalue weighted by atomic mass is 10.0. The summed E-state index contributed by atoms with van der Waals surface area (Å²) in [5.41, 5.74) is 0.652. The lowest BCUT2D eigenvalue weighted by Gasteiger charge is -2.10. The van der Waals surface area contributed by atoms with E-state index in [4.69, 9.17) is 5.84 Å². The molecule has 0 fully saturated rings. The van der Waals surface area contributed by atoms with Crippen molar-refractivity contribution in [1.82, 2.24) is 0 Å². The van der Waals surface area contributed by atoms with Crippen LogP contribution < -0.4 is 5.84 Å². The highest BCUT2D eigenvalue weighted by molar-refractivity contribution is 6.01. The Kier molecular flexibility index (Phi) is 4.26. The molecule has 0 aliphatic carbocycles. The van der Waals surface area contributed by atoms with Gasteiger partial charge in [0.15, 0.2) is 0 Å². The van der Waals surface area contributed by atoms with Crippen LogP contribution in [0.15, 0.2) is 53.6 Å². The van der Waals surface area contributed by atoms with Crippen LogP contribution in [0.25, 0.3) is 0 Å². The minimum absolute atomic E-state index is 0.131. The van der Waals surface area contributed by atoms with Crippen LogP contribution in [0.3, 0.4) is 0 Å². The second kappa shape index (κ2) is 5.95. The number of rotatable bonds is 3. The van der Waals surface area contributed by atoms with Crippen molar-refractivity contribution in [2.24, 2.45) is 10.9 Å². The number of alkyl halides is 3. The molecule has 2 N–H and O–H groups in total. The summed E-state index contributed by atoms with van der Waals surface area (Å²) in [6.45, 7) is 0. The number of hydrogen-bond donors (Lipinski definition) is 1. The maximum absolute atomic E-state index is 12.9. The molecule has 0 spiro atoms. The zero-order valence-electron chi connectivity index (χ0n) is 10.9. The lowest BCUT2D eigenvalue weighted by Crippen LogP contribution is -2.10. The molecule has 0 aromatic heterocycles. The first kappa shape index (κ1) is 15.0. The van der Waals surface area contributed by atoms with E-state index in [9.17, 15) is 17.6 Å². The minimum atomic E-state index is -4.40. The van der Waals surface area contributed by atoms with Crippen LogP contribution in [-0.2, 0) is 12.6 Å². The van der Waals surface area contributed by atoms with E-state index in [1.807, 2.05) is 0 Å². The van der Waals surface area contributed by atoms with Gasteiger partial charge in [0.25, 0.3) is 0 Å². The first-order valence-electron chi connectivity index (χ1n) is 6.09. The molecule has 0 bridgehead atoms. The summed E-state index contributed by atoms with van der Waals surface area (Å²) < 4.78 is 50.8. The number of hydrogen-bond acceptors (Lipinski definition) is 2. The Morgan fingerprint density at radius 1 is 1.05 bits per heavy atom. The molecular weight excluding hydrogens is 284 g/mol. The monoisotopic (exact) mass is 296 g/mol. The van der Waals surface area contributed by atoms with Crippen molar-refractivity contribution in [3.63, 3.8) is 0 Å². The Morgan fingerprint density at radius 2 is 1.71 bits per heavy atom. The van der Waals surface area contributed by atoms with Gasteiger partial charge in [-0.15, -0.1) is 0 Å². The Hall–Kier alpha value is -2.37. The van der Waals surface area contributed by atoms with Gasteiger partial charge in [0.1, 0.15) is 5.82 Å². The SMILES string of the molecule is NN=C(Cc1cccc(C(F)(F)F)c1)c1ccc(F)cc1. The van der Waals surface area contributed by atoms with Crippen molar-refractivity contribution < 1.29 is 17.6 Å². The van der Waals surface area contributed by atoms with Crippen molar-refractivity contribution in [1.29, 1.82) is 0 Å². The van der Waals surface area contributed by atoms with Gasteiger partial charge in [-0.05, 0) is 29.3 Å². The van der Waals surface area contributed by atoms with Gasteiger partial charge in [0.05, 0.1) is 11.3 Å². The van der Waals surface area contributed by atoms with E-state index in [1.54, 1.807) is 6.07 Å². The lowest BCUT2D eigenvalue weighted by molar-refractivity contribution is -0.137. The maximum Gasteiger partial charge on any atom is 0.416 e. The van der Waals surface area contributed by atoms with Crippen molar-refractivity contribution in [2.45, 2.75) is 12.6 Å². The smallest absolute Gasteiger partial charge is 0.323 e. The highest BCUT2D eigenvalue weighted by Gasteiger charge is 2.30. The first-order valence-corrected chi connectivity index (χ1v) is 6.09. The number of benzene rings is 2. The Bertz CT molecular complexity index is 645. The van der Waals surface area contributed by atoms with E-state index >= 15 is 0 Å². The minimum Gasteiger partial charge on any atom is -0.323 e. The fourth-order valence-corrected chi connectivity index (χ4v) is 1.92. The van der Waals surface area contributed by atoms with Crippen molar-refractivity contribution in [3.8, 4) is 0 Å². The number of hydrazone groups is 1. The predicted octanol–water partition coefficient (Wildman–Crippen LogP) is 3.75. The number of halogens is 4. The Balaban J connectivity index is 2.26. The van der Waals surface area contributed by atoms with Gasteiger partial charge in [-0.2, -0.15) is 18.3 Å². The van der Waals surface area contributed by atoms with Gasteiger partial charge in [0.2, 0.25) is 0 Å². The van der Waals surface area contributed by atoms with Crippen LogP contribution in [-0.4, -0.2) is 5.71 Å². The second-order valence-electron chi connectivity index (χ2n) is 4.46. The third-order valence-corrected chi connectivity index (χ3v) is 2.96. The molecule has 0 heterocycles. The molecule has 0 radical (unpaired) electrons. The molecule has 0 atom stereocenters. The van der Waals surface area contributed by atoms with E-state index in [0.29, 0.717) is 16.8 Å². The predicted molar refractivity (Wildman–Crippen MR) is 72.3 cm³/mol. The molecule has 2 aromatic carbocycles. The van der Waals surface area contributed by atoms with E-state index in [-0.39, 0.29) is 6.42 Å². The molecule has 2 aromatic rings. The van der Waals surface area contributed by atoms with Gasteiger partial charge in [-0.3, -0.25) is 0 Å². The average Bonchev–Trinajstić information content (AvgIpc) is 2.45. The number of nitrogens with two attached hydrogens (primary N) is 1. The molecule has 0 aliphatic rings. The van der Waals surface area contributed by atoms with E-state index in [1.165, 1.54) is 30.3 Å². The summed E-state index contributed by atoms with van der Waals surface area (Å²) >= 11 is 0. The van der Waals surface area contributed by atoms with Crippen LogP contribution in [0, 0.1) is 5.82 Å². The highest BCUT2D eigenvalue weighted by atomic mass is 19.4.